The van der Waals surface area contributed by atoms with Crippen molar-refractivity contribution in [1.29, 1.82) is 5.41 Å². The van der Waals surface area contributed by atoms with E-state index < -0.39 is 16.1 Å². The Kier molecular flexibility index (Phi) is 7.06. The predicted molar refractivity (Wildman–Crippen MR) is 92.2 cm³/mol. The predicted octanol–water partition coefficient (Wildman–Crippen LogP) is 1.55. The van der Waals surface area contributed by atoms with Crippen LogP contribution >= 0.6 is 0 Å². The zero-order chi connectivity index (χ0) is 19.0. The Balaban J connectivity index is 0.000000257. The van der Waals surface area contributed by atoms with Crippen molar-refractivity contribution in [2.45, 2.75) is 11.8 Å². The number of nitrogens with two attached hydrogens (primary N) is 1. The van der Waals surface area contributed by atoms with E-state index in [2.05, 4.69) is 5.10 Å². The Morgan fingerprint density at radius 1 is 1.16 bits per heavy atom. The van der Waals surface area contributed by atoms with Gasteiger partial charge >= 0.3 is 0 Å². The van der Waals surface area contributed by atoms with Gasteiger partial charge in [0.25, 0.3) is 10.1 Å². The molecule has 0 amide bonds. The average Bonchev–Trinajstić information content (AvgIpc) is 2.54. The number of nitrogens with one attached hydrogen (secondary N) is 1. The summed E-state index contributed by atoms with van der Waals surface area (Å²) in [7, 11) is -4.02. The van der Waals surface area contributed by atoms with Gasteiger partial charge in [0, 0.05) is 0 Å². The van der Waals surface area contributed by atoms with E-state index >= 15 is 0 Å². The fourth-order valence-corrected chi connectivity index (χ4v) is 1.93. The lowest BCUT2D eigenvalue weighted by atomic mass is 10.2. The Labute approximate surface area is 144 Å². The van der Waals surface area contributed by atoms with E-state index in [9.17, 15) is 8.42 Å². The Morgan fingerprint density at radius 2 is 1.68 bits per heavy atom. The molecule has 0 saturated carbocycles. The van der Waals surface area contributed by atoms with Crippen molar-refractivity contribution >= 4 is 22.3 Å². The Morgan fingerprint density at radius 3 is 2.12 bits per heavy atom. The molecule has 0 fully saturated rings. The van der Waals surface area contributed by atoms with Gasteiger partial charge in [-0.05, 0) is 48.9 Å². The second-order valence-corrected chi connectivity index (χ2v) is 6.22. The van der Waals surface area contributed by atoms with Gasteiger partial charge in [-0.25, -0.2) is 0 Å². The number of hydroxylamine groups is 1. The quantitative estimate of drug-likeness (QED) is 0.238. The molecule has 0 aliphatic rings. The van der Waals surface area contributed by atoms with E-state index in [1.54, 1.807) is 24.3 Å². The normalized spacial score (nSPS) is 10.8. The summed E-state index contributed by atoms with van der Waals surface area (Å²) in [4.78, 5) is -0.0666. The minimum atomic E-state index is -4.02. The minimum Gasteiger partial charge on any atom is -0.508 e. The van der Waals surface area contributed by atoms with Crippen LogP contribution in [-0.2, 0) is 10.1 Å². The summed E-state index contributed by atoms with van der Waals surface area (Å²) in [5.74, 6) is -0.422. The molecule has 0 aromatic heterocycles. The topological polar surface area (TPSA) is 160 Å². The number of benzene rings is 2. The summed E-state index contributed by atoms with van der Waals surface area (Å²) in [5.41, 5.74) is 6.56. The number of hydrogen-bond acceptors (Lipinski definition) is 6. The minimum absolute atomic E-state index is 0.0666. The highest BCUT2D eigenvalue weighted by Gasteiger charge is 2.06. The van der Waals surface area contributed by atoms with E-state index in [1.165, 1.54) is 30.5 Å². The highest BCUT2D eigenvalue weighted by molar-refractivity contribution is 7.85. The molecule has 0 saturated heterocycles. The van der Waals surface area contributed by atoms with Gasteiger partial charge in [0.2, 0.25) is 5.96 Å². The van der Waals surface area contributed by atoms with E-state index in [-0.39, 0.29) is 15.8 Å². The highest BCUT2D eigenvalue weighted by Crippen LogP contribution is 2.09. The molecule has 9 nitrogen and oxygen atoms in total. The number of hydrogen-bond donors (Lipinski definition) is 5. The summed E-state index contributed by atoms with van der Waals surface area (Å²) in [5, 5.41) is 28.3. The zero-order valence-electron chi connectivity index (χ0n) is 13.2. The maximum atomic E-state index is 10.5. The van der Waals surface area contributed by atoms with Gasteiger partial charge in [0.15, 0.2) is 0 Å². The maximum absolute atomic E-state index is 10.5. The number of phenolic OH excluding ortho intramolecular Hbond substituents is 1. The first kappa shape index (κ1) is 20.1. The number of phenols is 1. The van der Waals surface area contributed by atoms with Gasteiger partial charge in [-0.3, -0.25) is 15.2 Å². The number of aryl methyl sites for hydroxylation is 1. The molecule has 0 aliphatic carbocycles. The molecule has 2 aromatic rings. The first-order chi connectivity index (χ1) is 11.6. The third-order valence-corrected chi connectivity index (χ3v) is 3.61. The van der Waals surface area contributed by atoms with Gasteiger partial charge in [0.1, 0.15) is 5.75 Å². The van der Waals surface area contributed by atoms with Crippen molar-refractivity contribution in [1.82, 2.24) is 5.17 Å². The van der Waals surface area contributed by atoms with Crippen LogP contribution in [0.1, 0.15) is 11.1 Å². The monoisotopic (exact) mass is 366 g/mol. The lowest BCUT2D eigenvalue weighted by Gasteiger charge is -2.05. The summed E-state index contributed by atoms with van der Waals surface area (Å²) in [6, 6.07) is 12.2. The largest absolute Gasteiger partial charge is 0.508 e. The fraction of sp³-hybridized carbons (Fsp3) is 0.0667. The summed E-state index contributed by atoms with van der Waals surface area (Å²) < 4.78 is 29.6. The van der Waals surface area contributed by atoms with Crippen LogP contribution in [0, 0.1) is 12.3 Å². The first-order valence-corrected chi connectivity index (χ1v) is 8.24. The third kappa shape index (κ3) is 7.44. The number of guanidine groups is 1. The molecule has 6 N–H and O–H groups in total. The van der Waals surface area contributed by atoms with Crippen LogP contribution in [0.25, 0.3) is 0 Å². The van der Waals surface area contributed by atoms with Crippen molar-refractivity contribution in [3.05, 3.63) is 59.7 Å². The second kappa shape index (κ2) is 8.78. The third-order valence-electron chi connectivity index (χ3n) is 2.74. The number of rotatable bonds is 3. The van der Waals surface area contributed by atoms with Crippen molar-refractivity contribution < 1.29 is 23.3 Å². The molecule has 0 heterocycles. The molecule has 25 heavy (non-hydrogen) atoms. The van der Waals surface area contributed by atoms with Crippen molar-refractivity contribution in [2.75, 3.05) is 0 Å². The van der Waals surface area contributed by atoms with Crippen LogP contribution in [-0.4, -0.2) is 40.6 Å². The van der Waals surface area contributed by atoms with Gasteiger partial charge in [-0.1, -0.05) is 17.7 Å². The highest BCUT2D eigenvalue weighted by atomic mass is 32.2. The molecule has 0 atom stereocenters. The molecule has 0 radical (unpaired) electrons. The lowest BCUT2D eigenvalue weighted by Crippen LogP contribution is -2.28. The van der Waals surface area contributed by atoms with Gasteiger partial charge in [-0.15, -0.1) is 5.17 Å². The van der Waals surface area contributed by atoms with Gasteiger partial charge in [0.05, 0.1) is 11.1 Å². The lowest BCUT2D eigenvalue weighted by molar-refractivity contribution is -0.0139. The molecule has 2 rings (SSSR count). The van der Waals surface area contributed by atoms with E-state index in [1.807, 2.05) is 6.92 Å². The van der Waals surface area contributed by atoms with E-state index in [4.69, 9.17) is 26.0 Å². The molecule has 0 unspecified atom stereocenters. The van der Waals surface area contributed by atoms with Crippen LogP contribution < -0.4 is 5.73 Å². The smallest absolute Gasteiger partial charge is 0.294 e. The van der Waals surface area contributed by atoms with Gasteiger partial charge in [-0.2, -0.15) is 13.5 Å². The van der Waals surface area contributed by atoms with Crippen LogP contribution in [0.2, 0.25) is 0 Å². The Bertz CT molecular complexity index is 833. The molecule has 0 spiro atoms. The van der Waals surface area contributed by atoms with E-state index in [0.717, 1.165) is 5.56 Å². The van der Waals surface area contributed by atoms with Crippen LogP contribution in [0.4, 0.5) is 0 Å². The average molecular weight is 366 g/mol. The molecule has 0 bridgehead atoms. The van der Waals surface area contributed by atoms with Gasteiger partial charge < -0.3 is 10.8 Å². The molecular formula is C15H18N4O5S. The summed E-state index contributed by atoms with van der Waals surface area (Å²) in [6.45, 7) is 1.84. The maximum Gasteiger partial charge on any atom is 0.294 e. The Hall–Kier alpha value is -2.95. The number of aromatic hydroxyl groups is 1. The standard InChI is InChI=1S/C8H10N4O2.C7H8O3S/c9-8(10)12(14)11-5-6-1-3-7(13)4-2-6;1-6-2-4-7(5-3-6)11(8,9)10/h1-5,13-14H,(H3,9,10);2-5H,1H3,(H,8,9,10). The van der Waals surface area contributed by atoms with E-state index in [0.29, 0.717) is 5.56 Å². The molecule has 0 aliphatic heterocycles. The summed E-state index contributed by atoms with van der Waals surface area (Å²) in [6.07, 6.45) is 1.31. The van der Waals surface area contributed by atoms with Crippen LogP contribution in [0.3, 0.4) is 0 Å². The van der Waals surface area contributed by atoms with Crippen molar-refractivity contribution in [3.8, 4) is 5.75 Å². The number of hydrazone groups is 1. The zero-order valence-corrected chi connectivity index (χ0v) is 14.1. The molecule has 10 heteroatoms. The van der Waals surface area contributed by atoms with Crippen molar-refractivity contribution in [2.24, 2.45) is 10.8 Å². The summed E-state index contributed by atoms with van der Waals surface area (Å²) >= 11 is 0. The molecular weight excluding hydrogens is 348 g/mol. The van der Waals surface area contributed by atoms with Crippen LogP contribution in [0.15, 0.2) is 58.5 Å². The first-order valence-electron chi connectivity index (χ1n) is 6.80. The van der Waals surface area contributed by atoms with Crippen molar-refractivity contribution in [3.63, 3.8) is 0 Å². The number of nitrogens with zero attached hydrogens (tertiary/aromatic N) is 2. The SMILES string of the molecule is Cc1ccc(S(=O)(=O)O)cc1.N=C(N)N(O)N=Cc1ccc(O)cc1. The fourth-order valence-electron chi connectivity index (χ4n) is 1.45. The molecule has 134 valence electrons. The van der Waals surface area contributed by atoms with Crippen LogP contribution in [0.5, 0.6) is 5.75 Å². The second-order valence-electron chi connectivity index (χ2n) is 4.80. The molecule has 2 aromatic carbocycles.